The standard InChI is InChI=1S/C28H34ClN5O2S/c1-19-17-22(20(2)33(19)12-6-11-32-13-15-36-16-14-32)27-26(24-7-4-5-10-30-24)31-28(37)34(27)21-8-9-25(35-3)23(29)18-21/h4-5,7-10,17-18,26-27H,6,11-16H2,1-3H3,(H,31,37)/t26-,27+/m1/s1. The van der Waals surface area contributed by atoms with Gasteiger partial charge in [-0.1, -0.05) is 17.7 Å². The van der Waals surface area contributed by atoms with E-state index in [-0.39, 0.29) is 12.1 Å². The summed E-state index contributed by atoms with van der Waals surface area (Å²) in [5.41, 5.74) is 5.61. The number of nitrogens with zero attached hydrogens (tertiary/aromatic N) is 4. The van der Waals surface area contributed by atoms with E-state index in [4.69, 9.17) is 33.3 Å². The molecule has 0 spiro atoms. The van der Waals surface area contributed by atoms with E-state index in [9.17, 15) is 0 Å². The lowest BCUT2D eigenvalue weighted by Gasteiger charge is -2.29. The lowest BCUT2D eigenvalue weighted by atomic mass is 9.96. The Hall–Kier alpha value is -2.65. The Morgan fingerprint density at radius 1 is 1.14 bits per heavy atom. The average molecular weight is 540 g/mol. The molecule has 0 bridgehead atoms. The van der Waals surface area contributed by atoms with Crippen LogP contribution in [0.5, 0.6) is 5.75 Å². The largest absolute Gasteiger partial charge is 0.495 e. The number of rotatable bonds is 8. The van der Waals surface area contributed by atoms with Crippen LogP contribution in [0.25, 0.3) is 0 Å². The van der Waals surface area contributed by atoms with E-state index < -0.39 is 0 Å². The third-order valence-corrected chi connectivity index (χ3v) is 8.01. The van der Waals surface area contributed by atoms with Crippen LogP contribution in [0.3, 0.4) is 0 Å². The molecule has 3 aromatic rings. The summed E-state index contributed by atoms with van der Waals surface area (Å²) in [4.78, 5) is 9.34. The van der Waals surface area contributed by atoms with E-state index >= 15 is 0 Å². The highest BCUT2D eigenvalue weighted by Crippen LogP contribution is 2.44. The van der Waals surface area contributed by atoms with E-state index in [2.05, 4.69) is 50.6 Å². The molecule has 196 valence electrons. The van der Waals surface area contributed by atoms with E-state index in [1.165, 1.54) is 17.0 Å². The molecule has 4 heterocycles. The van der Waals surface area contributed by atoms with Crippen molar-refractivity contribution in [1.82, 2.24) is 19.8 Å². The van der Waals surface area contributed by atoms with Crippen LogP contribution in [0.15, 0.2) is 48.7 Å². The fourth-order valence-corrected chi connectivity index (χ4v) is 6.10. The van der Waals surface area contributed by atoms with Crippen LogP contribution in [0.1, 0.15) is 41.1 Å². The van der Waals surface area contributed by atoms with Gasteiger partial charge in [-0.15, -0.1) is 0 Å². The second kappa shape index (κ2) is 11.4. The van der Waals surface area contributed by atoms with E-state index in [1.807, 2.05) is 36.5 Å². The predicted octanol–water partition coefficient (Wildman–Crippen LogP) is 5.06. The highest BCUT2D eigenvalue weighted by Gasteiger charge is 2.42. The number of thiocarbonyl (C=S) groups is 1. The number of morpholine rings is 1. The van der Waals surface area contributed by atoms with Crippen LogP contribution in [-0.4, -0.2) is 59.5 Å². The molecule has 2 aromatic heterocycles. The fraction of sp³-hybridized carbons (Fsp3) is 0.429. The Kier molecular flexibility index (Phi) is 8.00. The van der Waals surface area contributed by atoms with Gasteiger partial charge in [0.1, 0.15) is 5.75 Å². The minimum absolute atomic E-state index is 0.0777. The van der Waals surface area contributed by atoms with Crippen LogP contribution < -0.4 is 15.0 Å². The van der Waals surface area contributed by atoms with Gasteiger partial charge in [-0.3, -0.25) is 9.88 Å². The molecule has 0 saturated carbocycles. The molecule has 0 aliphatic carbocycles. The summed E-state index contributed by atoms with van der Waals surface area (Å²) >= 11 is 12.4. The molecule has 2 fully saturated rings. The molecule has 1 aromatic carbocycles. The van der Waals surface area contributed by atoms with Crippen molar-refractivity contribution in [1.29, 1.82) is 0 Å². The molecule has 2 atom stereocenters. The minimum Gasteiger partial charge on any atom is -0.495 e. The number of aryl methyl sites for hydroxylation is 1. The Balaban J connectivity index is 1.48. The van der Waals surface area contributed by atoms with Gasteiger partial charge in [0.2, 0.25) is 0 Å². The smallest absolute Gasteiger partial charge is 0.174 e. The predicted molar refractivity (Wildman–Crippen MR) is 152 cm³/mol. The summed E-state index contributed by atoms with van der Waals surface area (Å²) in [5.74, 6) is 0.639. The van der Waals surface area contributed by atoms with Crippen molar-refractivity contribution in [2.45, 2.75) is 38.9 Å². The van der Waals surface area contributed by atoms with Gasteiger partial charge in [0.15, 0.2) is 5.11 Å². The monoisotopic (exact) mass is 539 g/mol. The zero-order chi connectivity index (χ0) is 25.9. The lowest BCUT2D eigenvalue weighted by Crippen LogP contribution is -2.37. The second-order valence-corrected chi connectivity index (χ2v) is 10.4. The molecule has 37 heavy (non-hydrogen) atoms. The van der Waals surface area contributed by atoms with Gasteiger partial charge < -0.3 is 24.3 Å². The molecule has 0 unspecified atom stereocenters. The molecule has 5 rings (SSSR count). The van der Waals surface area contributed by atoms with Crippen molar-refractivity contribution in [3.8, 4) is 5.75 Å². The van der Waals surface area contributed by atoms with E-state index in [1.54, 1.807) is 7.11 Å². The van der Waals surface area contributed by atoms with Crippen LogP contribution in [-0.2, 0) is 11.3 Å². The molecule has 9 heteroatoms. The molecular formula is C28H34ClN5O2S. The van der Waals surface area contributed by atoms with Crippen molar-refractivity contribution in [3.05, 3.63) is 76.3 Å². The van der Waals surface area contributed by atoms with Gasteiger partial charge in [-0.25, -0.2) is 0 Å². The third kappa shape index (κ3) is 5.34. The first kappa shape index (κ1) is 26.0. The lowest BCUT2D eigenvalue weighted by molar-refractivity contribution is 0.0369. The second-order valence-electron chi connectivity index (χ2n) is 9.60. The van der Waals surface area contributed by atoms with Gasteiger partial charge in [0.05, 0.1) is 43.1 Å². The number of nitrogens with one attached hydrogen (secondary N) is 1. The third-order valence-electron chi connectivity index (χ3n) is 7.40. The molecule has 7 nitrogen and oxygen atoms in total. The molecular weight excluding hydrogens is 506 g/mol. The van der Waals surface area contributed by atoms with Gasteiger partial charge in [0, 0.05) is 49.5 Å². The van der Waals surface area contributed by atoms with Gasteiger partial charge in [-0.2, -0.15) is 0 Å². The van der Waals surface area contributed by atoms with Crippen LogP contribution in [0.4, 0.5) is 5.69 Å². The maximum absolute atomic E-state index is 6.54. The molecule has 2 aliphatic heterocycles. The van der Waals surface area contributed by atoms with Gasteiger partial charge in [0.25, 0.3) is 0 Å². The highest BCUT2D eigenvalue weighted by molar-refractivity contribution is 7.80. The van der Waals surface area contributed by atoms with E-state index in [0.29, 0.717) is 15.9 Å². The molecule has 2 saturated heterocycles. The average Bonchev–Trinajstić information content (AvgIpc) is 3.40. The van der Waals surface area contributed by atoms with Crippen molar-refractivity contribution >= 4 is 34.6 Å². The zero-order valence-corrected chi connectivity index (χ0v) is 23.2. The number of benzene rings is 1. The number of ether oxygens (including phenoxy) is 2. The number of anilines is 1. The number of halogens is 1. The summed E-state index contributed by atoms with van der Waals surface area (Å²) in [6.07, 6.45) is 2.93. The van der Waals surface area contributed by atoms with E-state index in [0.717, 1.165) is 57.2 Å². The summed E-state index contributed by atoms with van der Waals surface area (Å²) in [6.45, 7) is 10.2. The number of hydrogen-bond donors (Lipinski definition) is 1. The molecule has 2 aliphatic rings. The molecule has 1 N–H and O–H groups in total. The Labute approximate surface area is 229 Å². The maximum atomic E-state index is 6.54. The van der Waals surface area contributed by atoms with Crippen molar-refractivity contribution < 1.29 is 9.47 Å². The number of pyridine rings is 1. The van der Waals surface area contributed by atoms with Crippen molar-refractivity contribution in [3.63, 3.8) is 0 Å². The first-order valence-corrected chi connectivity index (χ1v) is 13.6. The normalized spacial score (nSPS) is 20.3. The minimum atomic E-state index is -0.100. The SMILES string of the molecule is COc1ccc(N2C(=S)N[C@H](c3ccccn3)[C@@H]2c2cc(C)n(CCCN3CCOCC3)c2C)cc1Cl. The van der Waals surface area contributed by atoms with Crippen molar-refractivity contribution in [2.24, 2.45) is 0 Å². The van der Waals surface area contributed by atoms with Crippen molar-refractivity contribution in [2.75, 3.05) is 44.9 Å². The first-order chi connectivity index (χ1) is 18.0. The summed E-state index contributed by atoms with van der Waals surface area (Å²) < 4.78 is 13.3. The molecule has 0 radical (unpaired) electrons. The zero-order valence-electron chi connectivity index (χ0n) is 21.6. The Bertz CT molecular complexity index is 1240. The highest BCUT2D eigenvalue weighted by atomic mass is 35.5. The molecule has 0 amide bonds. The van der Waals surface area contributed by atoms with Crippen LogP contribution in [0, 0.1) is 13.8 Å². The quantitative estimate of drug-likeness (QED) is 0.401. The Morgan fingerprint density at radius 3 is 2.65 bits per heavy atom. The van der Waals surface area contributed by atoms with Gasteiger partial charge >= 0.3 is 0 Å². The van der Waals surface area contributed by atoms with Gasteiger partial charge in [-0.05, 0) is 74.4 Å². The number of methoxy groups -OCH3 is 1. The summed E-state index contributed by atoms with van der Waals surface area (Å²) in [7, 11) is 1.62. The topological polar surface area (TPSA) is 54.8 Å². The Morgan fingerprint density at radius 2 is 1.95 bits per heavy atom. The summed E-state index contributed by atoms with van der Waals surface area (Å²) in [5, 5.41) is 4.75. The van der Waals surface area contributed by atoms with Crippen LogP contribution >= 0.6 is 23.8 Å². The number of hydrogen-bond acceptors (Lipinski definition) is 5. The first-order valence-electron chi connectivity index (χ1n) is 12.8. The van der Waals surface area contributed by atoms with Crippen LogP contribution in [0.2, 0.25) is 5.02 Å². The number of aromatic nitrogens is 2. The maximum Gasteiger partial charge on any atom is 0.174 e. The summed E-state index contributed by atoms with van der Waals surface area (Å²) in [6, 6.07) is 14.0. The fourth-order valence-electron chi connectivity index (χ4n) is 5.50.